The lowest BCUT2D eigenvalue weighted by Crippen LogP contribution is -2.16. The molecule has 0 aromatic heterocycles. The number of hydrogen-bond donors (Lipinski definition) is 2. The van der Waals surface area contributed by atoms with Gasteiger partial charge >= 0.3 is 0 Å². The van der Waals surface area contributed by atoms with E-state index in [-0.39, 0.29) is 11.3 Å². The summed E-state index contributed by atoms with van der Waals surface area (Å²) in [7, 11) is 0. The van der Waals surface area contributed by atoms with Gasteiger partial charge in [-0.05, 0) is 24.3 Å². The molecule has 3 nitrogen and oxygen atoms in total. The maximum atomic E-state index is 13.3. The van der Waals surface area contributed by atoms with Crippen molar-refractivity contribution in [2.24, 2.45) is 0 Å². The average Bonchev–Trinajstić information content (AvgIpc) is 2.37. The van der Waals surface area contributed by atoms with Crippen molar-refractivity contribution in [2.75, 3.05) is 11.1 Å². The Kier molecular flexibility index (Phi) is 3.41. The first-order chi connectivity index (χ1) is 9.00. The second-order valence-corrected chi connectivity index (χ2v) is 3.75. The van der Waals surface area contributed by atoms with Gasteiger partial charge in [-0.15, -0.1) is 0 Å². The smallest absolute Gasteiger partial charge is 0.258 e. The van der Waals surface area contributed by atoms with E-state index in [2.05, 4.69) is 0 Å². The zero-order chi connectivity index (χ0) is 14.0. The highest BCUT2D eigenvalue weighted by molar-refractivity contribution is 6.07. The largest absolute Gasteiger partial charge is 0.396 e. The molecule has 0 fully saturated rings. The van der Waals surface area contributed by atoms with Crippen LogP contribution in [0, 0.1) is 17.5 Å². The lowest BCUT2D eigenvalue weighted by Gasteiger charge is -2.09. The Morgan fingerprint density at radius 2 is 1.47 bits per heavy atom. The molecule has 0 saturated heterocycles. The summed E-state index contributed by atoms with van der Waals surface area (Å²) in [5.74, 6) is -3.52. The molecule has 6 heteroatoms. The predicted octanol–water partition coefficient (Wildman–Crippen LogP) is 2.94. The van der Waals surface area contributed by atoms with E-state index in [0.29, 0.717) is 0 Å². The molecule has 19 heavy (non-hydrogen) atoms. The number of para-hydroxylation sites is 2. The summed E-state index contributed by atoms with van der Waals surface area (Å²) in [5, 5.41) is 2.03. The van der Waals surface area contributed by atoms with Crippen molar-refractivity contribution in [2.45, 2.75) is 0 Å². The van der Waals surface area contributed by atoms with E-state index in [1.165, 1.54) is 12.1 Å². The molecular weight excluding hydrogens is 257 g/mol. The highest BCUT2D eigenvalue weighted by Gasteiger charge is 2.16. The number of carbonyl (C=O) groups is 1. The van der Waals surface area contributed by atoms with Gasteiger partial charge in [0.15, 0.2) is 0 Å². The van der Waals surface area contributed by atoms with Crippen molar-refractivity contribution in [1.29, 1.82) is 0 Å². The molecule has 0 aliphatic heterocycles. The second-order valence-electron chi connectivity index (χ2n) is 3.75. The first-order valence-corrected chi connectivity index (χ1v) is 5.30. The number of halogens is 3. The van der Waals surface area contributed by atoms with Gasteiger partial charge in [-0.25, -0.2) is 13.2 Å². The molecule has 2 aromatic carbocycles. The average molecular weight is 266 g/mol. The van der Waals surface area contributed by atoms with E-state index in [1.54, 1.807) is 0 Å². The summed E-state index contributed by atoms with van der Waals surface area (Å²) in [6.07, 6.45) is 0. The van der Waals surface area contributed by atoms with E-state index in [4.69, 9.17) is 5.73 Å². The number of benzene rings is 2. The van der Waals surface area contributed by atoms with Crippen molar-refractivity contribution < 1.29 is 18.0 Å². The zero-order valence-corrected chi connectivity index (χ0v) is 9.58. The van der Waals surface area contributed by atoms with Crippen LogP contribution in [0.4, 0.5) is 24.5 Å². The van der Waals surface area contributed by atoms with E-state index in [1.807, 2.05) is 5.32 Å². The van der Waals surface area contributed by atoms with Crippen LogP contribution in [-0.4, -0.2) is 5.91 Å². The number of carbonyl (C=O) groups excluding carboxylic acids is 1. The topological polar surface area (TPSA) is 55.1 Å². The molecule has 0 atom stereocenters. The Labute approximate surface area is 106 Å². The Hall–Kier alpha value is -2.50. The van der Waals surface area contributed by atoms with Gasteiger partial charge in [-0.1, -0.05) is 12.1 Å². The fraction of sp³-hybridized carbons (Fsp3) is 0. The Bertz CT molecular complexity index is 624. The summed E-state index contributed by atoms with van der Waals surface area (Å²) in [5.41, 5.74) is 4.22. The van der Waals surface area contributed by atoms with Crippen LogP contribution in [0.3, 0.4) is 0 Å². The lowest BCUT2D eigenvalue weighted by atomic mass is 10.1. The third-order valence-electron chi connectivity index (χ3n) is 2.50. The molecule has 1 amide bonds. The molecule has 0 spiro atoms. The summed E-state index contributed by atoms with van der Waals surface area (Å²) >= 11 is 0. The highest BCUT2D eigenvalue weighted by atomic mass is 19.1. The monoisotopic (exact) mass is 266 g/mol. The van der Waals surface area contributed by atoms with E-state index >= 15 is 0 Å². The molecule has 0 saturated carbocycles. The van der Waals surface area contributed by atoms with Gasteiger partial charge in [0.05, 0.1) is 11.3 Å². The number of nitrogens with one attached hydrogen (secondary N) is 1. The Balaban J connectivity index is 2.34. The third-order valence-corrected chi connectivity index (χ3v) is 2.50. The molecule has 0 aliphatic rings. The van der Waals surface area contributed by atoms with Crippen LogP contribution in [0.2, 0.25) is 0 Å². The zero-order valence-electron chi connectivity index (χ0n) is 9.58. The van der Waals surface area contributed by atoms with Gasteiger partial charge in [0.25, 0.3) is 5.91 Å². The van der Waals surface area contributed by atoms with Gasteiger partial charge in [-0.3, -0.25) is 4.79 Å². The van der Waals surface area contributed by atoms with Crippen LogP contribution in [0.15, 0.2) is 36.4 Å². The van der Waals surface area contributed by atoms with Crippen LogP contribution in [-0.2, 0) is 0 Å². The molecule has 2 rings (SSSR count). The molecule has 3 N–H and O–H groups in total. The summed E-state index contributed by atoms with van der Waals surface area (Å²) in [6.45, 7) is 0. The highest BCUT2D eigenvalue weighted by Crippen LogP contribution is 2.21. The summed E-state index contributed by atoms with van der Waals surface area (Å²) in [6, 6.07) is 6.76. The van der Waals surface area contributed by atoms with Crippen molar-refractivity contribution >= 4 is 17.3 Å². The van der Waals surface area contributed by atoms with Gasteiger partial charge < -0.3 is 11.1 Å². The quantitative estimate of drug-likeness (QED) is 0.821. The minimum absolute atomic E-state index is 0.192. The van der Waals surface area contributed by atoms with Crippen LogP contribution in [0.1, 0.15) is 10.4 Å². The molecule has 0 heterocycles. The second kappa shape index (κ2) is 5.01. The van der Waals surface area contributed by atoms with Crippen molar-refractivity contribution in [3.05, 3.63) is 59.4 Å². The van der Waals surface area contributed by atoms with Crippen LogP contribution in [0.5, 0.6) is 0 Å². The number of anilines is 2. The van der Waals surface area contributed by atoms with Gasteiger partial charge in [0.2, 0.25) is 0 Å². The molecule has 0 unspecified atom stereocenters. The van der Waals surface area contributed by atoms with Crippen molar-refractivity contribution in [3.8, 4) is 0 Å². The number of nitrogen functional groups attached to an aromatic ring is 1. The molecule has 0 bridgehead atoms. The van der Waals surface area contributed by atoms with Crippen molar-refractivity contribution in [3.63, 3.8) is 0 Å². The minimum atomic E-state index is -0.927. The predicted molar refractivity (Wildman–Crippen MR) is 65.1 cm³/mol. The van der Waals surface area contributed by atoms with E-state index in [9.17, 15) is 18.0 Å². The number of hydrogen-bond acceptors (Lipinski definition) is 2. The van der Waals surface area contributed by atoms with Crippen LogP contribution >= 0.6 is 0 Å². The standard InChI is InChI=1S/C13H9F3N2O/c14-8-4-1-3-7(11(8)17)13(19)18-12-9(15)5-2-6-10(12)16/h1-6H,17H2,(H,18,19). The van der Waals surface area contributed by atoms with Gasteiger partial charge in [0.1, 0.15) is 23.1 Å². The normalized spacial score (nSPS) is 10.3. The molecule has 0 aliphatic carbocycles. The first kappa shape index (κ1) is 12.9. The molecule has 0 radical (unpaired) electrons. The van der Waals surface area contributed by atoms with Crippen LogP contribution in [0.25, 0.3) is 0 Å². The van der Waals surface area contributed by atoms with Crippen molar-refractivity contribution in [1.82, 2.24) is 0 Å². The van der Waals surface area contributed by atoms with Crippen LogP contribution < -0.4 is 11.1 Å². The van der Waals surface area contributed by atoms with E-state index < -0.39 is 29.0 Å². The number of rotatable bonds is 2. The number of nitrogens with two attached hydrogens (primary N) is 1. The molecular formula is C13H9F3N2O. The fourth-order valence-corrected chi connectivity index (χ4v) is 1.53. The Morgan fingerprint density at radius 1 is 0.947 bits per heavy atom. The fourth-order valence-electron chi connectivity index (χ4n) is 1.53. The first-order valence-electron chi connectivity index (χ1n) is 5.30. The Morgan fingerprint density at radius 3 is 2.11 bits per heavy atom. The maximum Gasteiger partial charge on any atom is 0.258 e. The summed E-state index contributed by atoms with van der Waals surface area (Å²) in [4.78, 5) is 11.8. The van der Waals surface area contributed by atoms with E-state index in [0.717, 1.165) is 24.3 Å². The SMILES string of the molecule is Nc1c(F)cccc1C(=O)Nc1c(F)cccc1F. The molecule has 98 valence electrons. The van der Waals surface area contributed by atoms with Gasteiger partial charge in [-0.2, -0.15) is 0 Å². The molecule has 2 aromatic rings. The third kappa shape index (κ3) is 2.52. The number of amides is 1. The maximum absolute atomic E-state index is 13.3. The minimum Gasteiger partial charge on any atom is -0.396 e. The lowest BCUT2D eigenvalue weighted by molar-refractivity contribution is 0.102. The summed E-state index contributed by atoms with van der Waals surface area (Å²) < 4.78 is 39.9. The van der Waals surface area contributed by atoms with Gasteiger partial charge in [0, 0.05) is 0 Å².